The third-order valence-corrected chi connectivity index (χ3v) is 4.64. The van der Waals surface area contributed by atoms with Crippen molar-refractivity contribution >= 4 is 35.7 Å². The summed E-state index contributed by atoms with van der Waals surface area (Å²) in [5, 5.41) is 0. The molecule has 1 aromatic rings. The molecule has 0 amide bonds. The summed E-state index contributed by atoms with van der Waals surface area (Å²) in [6.45, 7) is 4.22. The molecule has 1 aliphatic heterocycles. The number of nitrogens with zero attached hydrogens (tertiary/aromatic N) is 1. The number of esters is 4. The van der Waals surface area contributed by atoms with E-state index in [1.165, 1.54) is 13.0 Å². The molecule has 0 unspecified atom stereocenters. The number of aromatic nitrogens is 1. The highest BCUT2D eigenvalue weighted by Crippen LogP contribution is 2.31. The van der Waals surface area contributed by atoms with E-state index in [-0.39, 0.29) is 18.8 Å². The molecule has 0 N–H and O–H groups in total. The van der Waals surface area contributed by atoms with Crippen LogP contribution in [0.25, 0.3) is 6.08 Å². The highest BCUT2D eigenvalue weighted by Gasteiger charge is 2.52. The van der Waals surface area contributed by atoms with Gasteiger partial charge in [-0.05, 0) is 23.8 Å². The molecule has 1 aliphatic rings. The Morgan fingerprint density at radius 2 is 1.47 bits per heavy atom. The van der Waals surface area contributed by atoms with Gasteiger partial charge in [0.05, 0.1) is 0 Å². The predicted octanol–water partition coefficient (Wildman–Crippen LogP) is 1.18. The number of hydrogen-bond acceptors (Lipinski definition) is 11. The zero-order valence-electron chi connectivity index (χ0n) is 19.3. The topological polar surface area (TPSA) is 144 Å². The van der Waals surface area contributed by atoms with Crippen molar-refractivity contribution in [2.75, 3.05) is 6.61 Å². The molecule has 0 saturated carbocycles. The molecule has 0 bridgehead atoms. The van der Waals surface area contributed by atoms with Crippen LogP contribution < -0.4 is 0 Å². The van der Waals surface area contributed by atoms with Crippen LogP contribution in [0.4, 0.5) is 0 Å². The highest BCUT2D eigenvalue weighted by molar-refractivity contribution is 5.93. The maximum absolute atomic E-state index is 12.7. The van der Waals surface area contributed by atoms with Crippen molar-refractivity contribution in [3.8, 4) is 0 Å². The van der Waals surface area contributed by atoms with E-state index < -0.39 is 54.4 Å². The molecule has 5 atom stereocenters. The first-order valence-corrected chi connectivity index (χ1v) is 10.5. The van der Waals surface area contributed by atoms with E-state index in [0.717, 1.165) is 20.8 Å². The van der Waals surface area contributed by atoms with Gasteiger partial charge in [0.1, 0.15) is 18.8 Å². The van der Waals surface area contributed by atoms with E-state index in [1.807, 2.05) is 0 Å². The molecule has 1 saturated heterocycles. The standard InChI is InChI=1S/C23H27NO10/c1-13(25)30-12-20-22(32-15(3)27)23(33-16(4)28)21(31-14(2)26)19(34-20)10-18(29)8-7-17-6-5-9-24-11-17/h5-9,11,19-23H,10,12H2,1-4H3/b8-7+/t19-,20+,21-,22+,23+/m0/s1. The van der Waals surface area contributed by atoms with Crippen LogP contribution in [-0.4, -0.2) is 71.8 Å². The molecule has 34 heavy (non-hydrogen) atoms. The predicted molar refractivity (Wildman–Crippen MR) is 115 cm³/mol. The molecule has 0 aliphatic carbocycles. The van der Waals surface area contributed by atoms with Gasteiger partial charge in [0.2, 0.25) is 0 Å². The van der Waals surface area contributed by atoms with E-state index in [0.29, 0.717) is 5.56 Å². The Balaban J connectivity index is 2.35. The lowest BCUT2D eigenvalue weighted by atomic mass is 9.91. The van der Waals surface area contributed by atoms with Gasteiger partial charge in [0.25, 0.3) is 0 Å². The monoisotopic (exact) mass is 477 g/mol. The summed E-state index contributed by atoms with van der Waals surface area (Å²) in [4.78, 5) is 63.4. The lowest BCUT2D eigenvalue weighted by molar-refractivity contribution is -0.252. The summed E-state index contributed by atoms with van der Waals surface area (Å²) in [5.74, 6) is -3.20. The van der Waals surface area contributed by atoms with E-state index in [2.05, 4.69) is 4.98 Å². The SMILES string of the molecule is CC(=O)OC[C@H]1O[C@@H](CC(=O)/C=C/c2cccnc2)[C@H](OC(C)=O)[C@@H](OC(C)=O)[C@@H]1OC(C)=O. The quantitative estimate of drug-likeness (QED) is 0.287. The van der Waals surface area contributed by atoms with Crippen LogP contribution in [0.1, 0.15) is 39.7 Å². The first-order chi connectivity index (χ1) is 16.1. The third kappa shape index (κ3) is 8.39. The van der Waals surface area contributed by atoms with Crippen LogP contribution in [0.2, 0.25) is 0 Å². The van der Waals surface area contributed by atoms with Crippen molar-refractivity contribution in [1.82, 2.24) is 4.98 Å². The van der Waals surface area contributed by atoms with Gasteiger partial charge < -0.3 is 23.7 Å². The summed E-state index contributed by atoms with van der Waals surface area (Å²) < 4.78 is 26.9. The van der Waals surface area contributed by atoms with Gasteiger partial charge in [-0.2, -0.15) is 0 Å². The molecule has 2 heterocycles. The van der Waals surface area contributed by atoms with Crippen LogP contribution >= 0.6 is 0 Å². The fourth-order valence-electron chi connectivity index (χ4n) is 3.41. The molecule has 0 radical (unpaired) electrons. The Labute approximate surface area is 196 Å². The number of ether oxygens (including phenoxy) is 5. The third-order valence-electron chi connectivity index (χ3n) is 4.64. The molecule has 0 aromatic carbocycles. The highest BCUT2D eigenvalue weighted by atomic mass is 16.7. The van der Waals surface area contributed by atoms with Gasteiger partial charge in [-0.25, -0.2) is 0 Å². The smallest absolute Gasteiger partial charge is 0.303 e. The largest absolute Gasteiger partial charge is 0.463 e. The van der Waals surface area contributed by atoms with E-state index in [1.54, 1.807) is 30.6 Å². The maximum Gasteiger partial charge on any atom is 0.303 e. The first-order valence-electron chi connectivity index (χ1n) is 10.5. The minimum absolute atomic E-state index is 0.268. The zero-order valence-corrected chi connectivity index (χ0v) is 19.3. The number of rotatable bonds is 9. The molecule has 0 spiro atoms. The molecular formula is C23H27NO10. The van der Waals surface area contributed by atoms with Gasteiger partial charge in [0, 0.05) is 46.5 Å². The second-order valence-electron chi connectivity index (χ2n) is 7.53. The van der Waals surface area contributed by atoms with Crippen molar-refractivity contribution in [1.29, 1.82) is 0 Å². The van der Waals surface area contributed by atoms with Gasteiger partial charge in [0.15, 0.2) is 24.1 Å². The second-order valence-corrected chi connectivity index (χ2v) is 7.53. The van der Waals surface area contributed by atoms with Crippen molar-refractivity contribution in [3.63, 3.8) is 0 Å². The minimum Gasteiger partial charge on any atom is -0.463 e. The Morgan fingerprint density at radius 1 is 0.882 bits per heavy atom. The number of pyridine rings is 1. The number of hydrogen-bond donors (Lipinski definition) is 0. The van der Waals surface area contributed by atoms with E-state index in [9.17, 15) is 24.0 Å². The second kappa shape index (κ2) is 12.6. The van der Waals surface area contributed by atoms with Crippen LogP contribution in [-0.2, 0) is 47.7 Å². The minimum atomic E-state index is -1.31. The molecular weight excluding hydrogens is 450 g/mol. The number of carbonyl (C=O) groups is 5. The Kier molecular flexibility index (Phi) is 9.87. The van der Waals surface area contributed by atoms with Gasteiger partial charge in [-0.1, -0.05) is 6.07 Å². The molecule has 2 rings (SSSR count). The van der Waals surface area contributed by atoms with E-state index >= 15 is 0 Å². The van der Waals surface area contributed by atoms with Crippen LogP contribution in [0, 0.1) is 0 Å². The summed E-state index contributed by atoms with van der Waals surface area (Å²) in [6, 6.07) is 3.47. The van der Waals surface area contributed by atoms with Crippen LogP contribution in [0.5, 0.6) is 0 Å². The number of ketones is 1. The lowest BCUT2D eigenvalue weighted by Gasteiger charge is -2.44. The lowest BCUT2D eigenvalue weighted by Crippen LogP contribution is -2.62. The first kappa shape index (κ1) is 26.7. The number of allylic oxidation sites excluding steroid dienone is 1. The molecule has 1 fully saturated rings. The average Bonchev–Trinajstić information content (AvgIpc) is 2.75. The Morgan fingerprint density at radius 3 is 2.00 bits per heavy atom. The molecule has 184 valence electrons. The van der Waals surface area contributed by atoms with Crippen molar-refractivity contribution in [3.05, 3.63) is 36.2 Å². The van der Waals surface area contributed by atoms with Crippen molar-refractivity contribution in [2.45, 2.75) is 64.6 Å². The zero-order chi connectivity index (χ0) is 25.3. The summed E-state index contributed by atoms with van der Waals surface area (Å²) in [7, 11) is 0. The van der Waals surface area contributed by atoms with Gasteiger partial charge in [-0.3, -0.25) is 29.0 Å². The molecule has 11 nitrogen and oxygen atoms in total. The molecule has 1 aromatic heterocycles. The summed E-state index contributed by atoms with van der Waals surface area (Å²) in [5.41, 5.74) is 0.692. The Bertz CT molecular complexity index is 929. The Hall–Kier alpha value is -3.60. The van der Waals surface area contributed by atoms with Gasteiger partial charge >= 0.3 is 23.9 Å². The fraction of sp³-hybridized carbons (Fsp3) is 0.478. The molecule has 11 heteroatoms. The van der Waals surface area contributed by atoms with Crippen molar-refractivity contribution < 1.29 is 47.7 Å². The number of carbonyl (C=O) groups excluding carboxylic acids is 5. The summed E-state index contributed by atoms with van der Waals surface area (Å²) >= 11 is 0. The van der Waals surface area contributed by atoms with Crippen LogP contribution in [0.15, 0.2) is 30.6 Å². The normalized spacial score (nSPS) is 24.2. The van der Waals surface area contributed by atoms with E-state index in [4.69, 9.17) is 23.7 Å². The van der Waals surface area contributed by atoms with Gasteiger partial charge in [-0.15, -0.1) is 0 Å². The fourth-order valence-corrected chi connectivity index (χ4v) is 3.41. The van der Waals surface area contributed by atoms with Crippen molar-refractivity contribution in [2.24, 2.45) is 0 Å². The maximum atomic E-state index is 12.7. The van der Waals surface area contributed by atoms with Crippen LogP contribution in [0.3, 0.4) is 0 Å². The summed E-state index contributed by atoms with van der Waals surface area (Å²) in [6.07, 6.45) is -0.260. The average molecular weight is 477 g/mol.